The molecule has 4 rings (SSSR count). The van der Waals surface area contributed by atoms with Crippen LogP contribution in [-0.4, -0.2) is 26.1 Å². The van der Waals surface area contributed by atoms with Crippen LogP contribution in [0.2, 0.25) is 0 Å². The average Bonchev–Trinajstić information content (AvgIpc) is 3.44. The second kappa shape index (κ2) is 8.27. The van der Waals surface area contributed by atoms with Crippen molar-refractivity contribution in [2.75, 3.05) is 5.32 Å². The van der Waals surface area contributed by atoms with E-state index in [1.165, 1.54) is 29.2 Å². The van der Waals surface area contributed by atoms with Crippen LogP contribution < -0.4 is 5.32 Å². The van der Waals surface area contributed by atoms with Gasteiger partial charge in [0.05, 0.1) is 11.8 Å². The van der Waals surface area contributed by atoms with E-state index in [9.17, 15) is 18.0 Å². The van der Waals surface area contributed by atoms with Crippen LogP contribution in [0.1, 0.15) is 11.3 Å². The first-order chi connectivity index (χ1) is 14.9. The maximum Gasteiger partial charge on any atom is 0.416 e. The first-order valence-electron chi connectivity index (χ1n) is 9.00. The van der Waals surface area contributed by atoms with E-state index in [2.05, 4.69) is 20.8 Å². The molecule has 0 saturated heterocycles. The van der Waals surface area contributed by atoms with Gasteiger partial charge in [0.2, 0.25) is 0 Å². The third kappa shape index (κ3) is 4.53. The molecular weight excluding hydrogens is 411 g/mol. The SMILES string of the molecule is O=C(Nc1cccc(C(F)(F)F)c1)C(=Cc1ccco1)n1nnnc1-c1ccccc1. The summed E-state index contributed by atoms with van der Waals surface area (Å²) in [6.45, 7) is 0. The number of furan rings is 1. The molecule has 31 heavy (non-hydrogen) atoms. The fourth-order valence-corrected chi connectivity index (χ4v) is 2.82. The number of carbonyl (C=O) groups is 1. The van der Waals surface area contributed by atoms with E-state index >= 15 is 0 Å². The zero-order chi connectivity index (χ0) is 21.8. The van der Waals surface area contributed by atoms with Crippen molar-refractivity contribution < 1.29 is 22.4 Å². The Kier molecular flexibility index (Phi) is 5.35. The number of alkyl halides is 3. The van der Waals surface area contributed by atoms with Crippen molar-refractivity contribution in [2.45, 2.75) is 6.18 Å². The largest absolute Gasteiger partial charge is 0.465 e. The van der Waals surface area contributed by atoms with Gasteiger partial charge >= 0.3 is 6.18 Å². The summed E-state index contributed by atoms with van der Waals surface area (Å²) in [5, 5.41) is 14.0. The molecule has 0 saturated carbocycles. The Hall–Kier alpha value is -4.21. The van der Waals surface area contributed by atoms with Crippen LogP contribution in [-0.2, 0) is 11.0 Å². The summed E-state index contributed by atoms with van der Waals surface area (Å²) in [5.41, 5.74) is -0.310. The van der Waals surface area contributed by atoms with E-state index in [0.29, 0.717) is 11.3 Å². The van der Waals surface area contributed by atoms with Crippen molar-refractivity contribution in [3.63, 3.8) is 0 Å². The van der Waals surface area contributed by atoms with Crippen LogP contribution >= 0.6 is 0 Å². The van der Waals surface area contributed by atoms with Gasteiger partial charge in [-0.25, -0.2) is 0 Å². The standard InChI is InChI=1S/C21H14F3N5O2/c22-21(23,24)15-8-4-9-16(12-15)25-20(30)18(13-17-10-5-11-31-17)29-19(26-27-28-29)14-6-2-1-3-7-14/h1-13H,(H,25,30). The van der Waals surface area contributed by atoms with Gasteiger partial charge < -0.3 is 9.73 Å². The van der Waals surface area contributed by atoms with Crippen molar-refractivity contribution in [1.82, 2.24) is 20.2 Å². The Morgan fingerprint density at radius 3 is 2.55 bits per heavy atom. The first-order valence-corrected chi connectivity index (χ1v) is 9.00. The van der Waals surface area contributed by atoms with Gasteiger partial charge in [0.1, 0.15) is 11.5 Å². The van der Waals surface area contributed by atoms with Crippen LogP contribution in [0.15, 0.2) is 77.4 Å². The average molecular weight is 425 g/mol. The summed E-state index contributed by atoms with van der Waals surface area (Å²) < 4.78 is 45.5. The molecule has 0 aliphatic heterocycles. The normalized spacial score (nSPS) is 12.0. The van der Waals surface area contributed by atoms with E-state index in [-0.39, 0.29) is 17.2 Å². The maximum absolute atomic E-state index is 13.1. The Morgan fingerprint density at radius 2 is 1.84 bits per heavy atom. The van der Waals surface area contributed by atoms with E-state index in [4.69, 9.17) is 4.42 Å². The Labute approximate surface area is 173 Å². The summed E-state index contributed by atoms with van der Waals surface area (Å²) in [6.07, 6.45) is -1.72. The molecule has 1 amide bonds. The third-order valence-electron chi connectivity index (χ3n) is 4.23. The molecule has 0 atom stereocenters. The van der Waals surface area contributed by atoms with Gasteiger partial charge in [-0.3, -0.25) is 4.79 Å². The number of hydrogen-bond donors (Lipinski definition) is 1. The summed E-state index contributed by atoms with van der Waals surface area (Å²) in [4.78, 5) is 13.1. The second-order valence-corrected chi connectivity index (χ2v) is 6.36. The van der Waals surface area contributed by atoms with E-state index in [1.54, 1.807) is 36.4 Å². The van der Waals surface area contributed by atoms with Crippen LogP contribution in [0, 0.1) is 0 Å². The Morgan fingerprint density at radius 1 is 1.03 bits per heavy atom. The molecule has 7 nitrogen and oxygen atoms in total. The topological polar surface area (TPSA) is 85.8 Å². The molecular formula is C21H14F3N5O2. The minimum absolute atomic E-state index is 0.0282. The van der Waals surface area contributed by atoms with Crippen LogP contribution in [0.25, 0.3) is 23.2 Å². The zero-order valence-electron chi connectivity index (χ0n) is 15.7. The Balaban J connectivity index is 1.73. The lowest BCUT2D eigenvalue weighted by molar-refractivity contribution is -0.137. The molecule has 0 aliphatic carbocycles. The van der Waals surface area contributed by atoms with Crippen molar-refractivity contribution in [3.05, 3.63) is 84.3 Å². The third-order valence-corrected chi connectivity index (χ3v) is 4.23. The van der Waals surface area contributed by atoms with Crippen molar-refractivity contribution in [2.24, 2.45) is 0 Å². The van der Waals surface area contributed by atoms with Crippen LogP contribution in [0.5, 0.6) is 0 Å². The number of benzene rings is 2. The minimum atomic E-state index is -4.54. The molecule has 0 unspecified atom stereocenters. The fourth-order valence-electron chi connectivity index (χ4n) is 2.82. The number of tetrazole rings is 1. The monoisotopic (exact) mass is 425 g/mol. The number of nitrogens with one attached hydrogen (secondary N) is 1. The molecule has 2 heterocycles. The number of carbonyl (C=O) groups excluding carboxylic acids is 1. The van der Waals surface area contributed by atoms with E-state index < -0.39 is 17.6 Å². The lowest BCUT2D eigenvalue weighted by atomic mass is 10.2. The highest BCUT2D eigenvalue weighted by atomic mass is 19.4. The summed E-state index contributed by atoms with van der Waals surface area (Å²) in [5.74, 6) is -0.110. The maximum atomic E-state index is 13.1. The molecule has 4 aromatic rings. The molecule has 10 heteroatoms. The van der Waals surface area contributed by atoms with Gasteiger partial charge in [0.25, 0.3) is 5.91 Å². The fraction of sp³-hybridized carbons (Fsp3) is 0.0476. The lowest BCUT2D eigenvalue weighted by Crippen LogP contribution is -2.19. The summed E-state index contributed by atoms with van der Waals surface area (Å²) >= 11 is 0. The quantitative estimate of drug-likeness (QED) is 0.473. The molecule has 0 aliphatic rings. The number of amides is 1. The second-order valence-electron chi connectivity index (χ2n) is 6.36. The van der Waals surface area contributed by atoms with Gasteiger partial charge in [-0.15, -0.1) is 5.10 Å². The highest BCUT2D eigenvalue weighted by molar-refractivity contribution is 6.24. The molecule has 1 N–H and O–H groups in total. The van der Waals surface area contributed by atoms with Gasteiger partial charge in [-0.1, -0.05) is 36.4 Å². The van der Waals surface area contributed by atoms with Crippen molar-refractivity contribution in [3.8, 4) is 11.4 Å². The molecule has 0 bridgehead atoms. The first kappa shape index (κ1) is 20.1. The summed E-state index contributed by atoms with van der Waals surface area (Å²) in [7, 11) is 0. The highest BCUT2D eigenvalue weighted by Crippen LogP contribution is 2.31. The number of nitrogens with zero attached hydrogens (tertiary/aromatic N) is 4. The van der Waals surface area contributed by atoms with E-state index in [1.807, 2.05) is 6.07 Å². The number of hydrogen-bond acceptors (Lipinski definition) is 5. The molecule has 2 aromatic heterocycles. The zero-order valence-corrected chi connectivity index (χ0v) is 15.7. The van der Waals surface area contributed by atoms with Gasteiger partial charge in [0.15, 0.2) is 5.82 Å². The number of aromatic nitrogens is 4. The molecule has 2 aromatic carbocycles. The molecule has 0 radical (unpaired) electrons. The predicted octanol–water partition coefficient (Wildman–Crippen LogP) is 4.59. The van der Waals surface area contributed by atoms with Gasteiger partial charge in [-0.05, 0) is 40.8 Å². The molecule has 0 fully saturated rings. The number of anilines is 1. The Bertz CT molecular complexity index is 1220. The summed E-state index contributed by atoms with van der Waals surface area (Å²) in [6, 6.07) is 16.5. The van der Waals surface area contributed by atoms with E-state index in [0.717, 1.165) is 12.1 Å². The van der Waals surface area contributed by atoms with Crippen molar-refractivity contribution in [1.29, 1.82) is 0 Å². The van der Waals surface area contributed by atoms with Crippen LogP contribution in [0.4, 0.5) is 18.9 Å². The minimum Gasteiger partial charge on any atom is -0.465 e. The molecule has 0 spiro atoms. The lowest BCUT2D eigenvalue weighted by Gasteiger charge is -2.12. The smallest absolute Gasteiger partial charge is 0.416 e. The number of rotatable bonds is 5. The van der Waals surface area contributed by atoms with Crippen LogP contribution in [0.3, 0.4) is 0 Å². The highest BCUT2D eigenvalue weighted by Gasteiger charge is 2.30. The van der Waals surface area contributed by atoms with Crippen molar-refractivity contribution >= 4 is 23.4 Å². The predicted molar refractivity (Wildman–Crippen MR) is 106 cm³/mol. The van der Waals surface area contributed by atoms with Gasteiger partial charge in [-0.2, -0.15) is 17.9 Å². The molecule has 156 valence electrons. The number of halogens is 3. The van der Waals surface area contributed by atoms with Gasteiger partial charge in [0, 0.05) is 17.3 Å².